The van der Waals surface area contributed by atoms with Gasteiger partial charge in [0.15, 0.2) is 5.65 Å². The van der Waals surface area contributed by atoms with Gasteiger partial charge in [-0.1, -0.05) is 0 Å². The van der Waals surface area contributed by atoms with E-state index in [1.165, 1.54) is 0 Å². The first-order valence-electron chi connectivity index (χ1n) is 5.24. The fourth-order valence-electron chi connectivity index (χ4n) is 1.89. The van der Waals surface area contributed by atoms with E-state index in [1.807, 2.05) is 23.7 Å². The number of fused-ring (bicyclic) bond motifs is 1. The van der Waals surface area contributed by atoms with E-state index in [2.05, 4.69) is 15.1 Å². The normalized spacial score (nSPS) is 11.2. The number of aromatic nitrogens is 5. The lowest BCUT2D eigenvalue weighted by Crippen LogP contribution is -2.00. The van der Waals surface area contributed by atoms with Gasteiger partial charge in [-0.2, -0.15) is 5.10 Å². The number of imidazole rings is 1. The molecule has 3 heterocycles. The average Bonchev–Trinajstić information content (AvgIpc) is 2.83. The van der Waals surface area contributed by atoms with Crippen molar-refractivity contribution < 1.29 is 0 Å². The van der Waals surface area contributed by atoms with Crippen molar-refractivity contribution in [3.8, 4) is 11.4 Å². The van der Waals surface area contributed by atoms with Crippen LogP contribution in [-0.2, 0) is 14.1 Å². The van der Waals surface area contributed by atoms with Crippen LogP contribution in [0.15, 0.2) is 24.5 Å². The molecule has 0 unspecified atom stereocenters. The van der Waals surface area contributed by atoms with E-state index < -0.39 is 0 Å². The molecule has 6 nitrogen and oxygen atoms in total. The van der Waals surface area contributed by atoms with E-state index >= 15 is 0 Å². The Morgan fingerprint density at radius 2 is 2.12 bits per heavy atom. The van der Waals surface area contributed by atoms with Crippen LogP contribution in [0.1, 0.15) is 0 Å². The third kappa shape index (κ3) is 1.30. The van der Waals surface area contributed by atoms with Gasteiger partial charge in [0.1, 0.15) is 11.6 Å². The molecule has 0 atom stereocenters. The molecule has 17 heavy (non-hydrogen) atoms. The van der Waals surface area contributed by atoms with E-state index in [0.717, 1.165) is 16.9 Å². The Bertz CT molecular complexity index is 693. The van der Waals surface area contributed by atoms with Gasteiger partial charge >= 0.3 is 0 Å². The van der Waals surface area contributed by atoms with Crippen LogP contribution >= 0.6 is 0 Å². The van der Waals surface area contributed by atoms with Gasteiger partial charge in [-0.05, 0) is 12.1 Å². The highest BCUT2D eigenvalue weighted by atomic mass is 15.3. The van der Waals surface area contributed by atoms with Crippen LogP contribution in [0.3, 0.4) is 0 Å². The summed E-state index contributed by atoms with van der Waals surface area (Å²) in [6.07, 6.45) is 3.45. The smallest absolute Gasteiger partial charge is 0.178 e. The van der Waals surface area contributed by atoms with Crippen molar-refractivity contribution in [2.75, 3.05) is 5.73 Å². The molecule has 0 spiro atoms. The van der Waals surface area contributed by atoms with Crippen LogP contribution in [0.25, 0.3) is 22.6 Å². The highest BCUT2D eigenvalue weighted by molar-refractivity contribution is 5.79. The van der Waals surface area contributed by atoms with E-state index in [1.54, 1.807) is 24.1 Å². The second kappa shape index (κ2) is 3.31. The van der Waals surface area contributed by atoms with Crippen LogP contribution in [0.2, 0.25) is 0 Å². The molecule has 0 aliphatic heterocycles. The fraction of sp³-hybridized carbons (Fsp3) is 0.182. The van der Waals surface area contributed by atoms with Crippen molar-refractivity contribution in [1.82, 2.24) is 24.3 Å². The summed E-state index contributed by atoms with van der Waals surface area (Å²) < 4.78 is 3.60. The third-order valence-electron chi connectivity index (χ3n) is 2.88. The van der Waals surface area contributed by atoms with E-state index in [9.17, 15) is 0 Å². The fourth-order valence-corrected chi connectivity index (χ4v) is 1.89. The van der Waals surface area contributed by atoms with E-state index in [-0.39, 0.29) is 0 Å². The van der Waals surface area contributed by atoms with Crippen LogP contribution in [0.4, 0.5) is 5.82 Å². The number of hydrogen-bond donors (Lipinski definition) is 1. The predicted molar refractivity (Wildman–Crippen MR) is 65.1 cm³/mol. The summed E-state index contributed by atoms with van der Waals surface area (Å²) in [4.78, 5) is 8.70. The molecule has 0 bridgehead atoms. The summed E-state index contributed by atoms with van der Waals surface area (Å²) >= 11 is 0. The molecule has 6 heteroatoms. The van der Waals surface area contributed by atoms with Gasteiger partial charge in [0.2, 0.25) is 0 Å². The van der Waals surface area contributed by atoms with Crippen molar-refractivity contribution in [3.63, 3.8) is 0 Å². The maximum absolute atomic E-state index is 5.95. The minimum Gasteiger partial charge on any atom is -0.383 e. The molecule has 2 N–H and O–H groups in total. The van der Waals surface area contributed by atoms with Gasteiger partial charge < -0.3 is 10.3 Å². The molecule has 0 saturated heterocycles. The molecule has 0 amide bonds. The zero-order chi connectivity index (χ0) is 12.0. The lowest BCUT2D eigenvalue weighted by atomic mass is 10.3. The third-order valence-corrected chi connectivity index (χ3v) is 2.88. The molecule has 3 aromatic rings. The zero-order valence-corrected chi connectivity index (χ0v) is 9.62. The Kier molecular flexibility index (Phi) is 1.91. The maximum Gasteiger partial charge on any atom is 0.178 e. The molecule has 0 radical (unpaired) electrons. The molecule has 3 aromatic heterocycles. The van der Waals surface area contributed by atoms with E-state index in [4.69, 9.17) is 5.73 Å². The monoisotopic (exact) mass is 228 g/mol. The highest BCUT2D eigenvalue weighted by Crippen LogP contribution is 2.26. The Morgan fingerprint density at radius 3 is 2.76 bits per heavy atom. The molecule has 0 fully saturated rings. The predicted octanol–water partition coefficient (Wildman–Crippen LogP) is 0.951. The highest BCUT2D eigenvalue weighted by Gasteiger charge is 2.15. The summed E-state index contributed by atoms with van der Waals surface area (Å²) in [7, 11) is 3.75. The minimum atomic E-state index is 0.600. The number of nitrogens with zero attached hydrogens (tertiary/aromatic N) is 5. The first-order valence-corrected chi connectivity index (χ1v) is 5.24. The van der Waals surface area contributed by atoms with Crippen molar-refractivity contribution in [2.45, 2.75) is 0 Å². The zero-order valence-electron chi connectivity index (χ0n) is 9.62. The van der Waals surface area contributed by atoms with Gasteiger partial charge in [0.05, 0.1) is 17.3 Å². The van der Waals surface area contributed by atoms with Crippen molar-refractivity contribution in [2.24, 2.45) is 14.1 Å². The second-order valence-corrected chi connectivity index (χ2v) is 3.91. The second-order valence-electron chi connectivity index (χ2n) is 3.91. The lowest BCUT2D eigenvalue weighted by Gasteiger charge is -2.01. The number of anilines is 1. The standard InChI is InChI=1S/C11H12N6/c1-16-8-4-3-5-13-10(8)15-11(16)7-6-14-17(2)9(7)12/h3-6H,12H2,1-2H3. The van der Waals surface area contributed by atoms with Gasteiger partial charge in [0.25, 0.3) is 0 Å². The summed E-state index contributed by atoms with van der Waals surface area (Å²) in [5.74, 6) is 1.38. The number of aryl methyl sites for hydroxylation is 2. The van der Waals surface area contributed by atoms with Crippen LogP contribution in [-0.4, -0.2) is 24.3 Å². The largest absolute Gasteiger partial charge is 0.383 e. The Balaban J connectivity index is 2.31. The molecule has 0 aliphatic rings. The van der Waals surface area contributed by atoms with Gasteiger partial charge in [0, 0.05) is 20.3 Å². The van der Waals surface area contributed by atoms with Crippen molar-refractivity contribution in [1.29, 1.82) is 0 Å². The molecule has 86 valence electrons. The van der Waals surface area contributed by atoms with Crippen molar-refractivity contribution >= 4 is 17.0 Å². The number of pyridine rings is 1. The average molecular weight is 228 g/mol. The van der Waals surface area contributed by atoms with Crippen LogP contribution in [0.5, 0.6) is 0 Å². The number of nitrogens with two attached hydrogens (primary N) is 1. The van der Waals surface area contributed by atoms with E-state index in [0.29, 0.717) is 11.5 Å². The molecular formula is C11H12N6. The molecule has 0 saturated carbocycles. The number of nitrogen functional groups attached to an aromatic ring is 1. The summed E-state index contributed by atoms with van der Waals surface area (Å²) in [6.45, 7) is 0. The number of rotatable bonds is 1. The van der Waals surface area contributed by atoms with Crippen LogP contribution < -0.4 is 5.73 Å². The summed E-state index contributed by atoms with van der Waals surface area (Å²) in [5.41, 5.74) is 8.47. The minimum absolute atomic E-state index is 0.600. The SMILES string of the molecule is Cn1ncc(-c2nc3ncccc3n2C)c1N. The first-order chi connectivity index (χ1) is 8.18. The van der Waals surface area contributed by atoms with Gasteiger partial charge in [-0.15, -0.1) is 0 Å². The summed E-state index contributed by atoms with van der Waals surface area (Å²) in [6, 6.07) is 3.87. The van der Waals surface area contributed by atoms with Crippen LogP contribution in [0, 0.1) is 0 Å². The lowest BCUT2D eigenvalue weighted by molar-refractivity contribution is 0.779. The molecule has 3 rings (SSSR count). The maximum atomic E-state index is 5.95. The van der Waals surface area contributed by atoms with Crippen molar-refractivity contribution in [3.05, 3.63) is 24.5 Å². The Hall–Kier alpha value is -2.37. The first kappa shape index (κ1) is 9.83. The molecular weight excluding hydrogens is 216 g/mol. The quantitative estimate of drug-likeness (QED) is 0.673. The van der Waals surface area contributed by atoms with Gasteiger partial charge in [-0.25, -0.2) is 9.97 Å². The Labute approximate surface area is 97.7 Å². The topological polar surface area (TPSA) is 74.5 Å². The number of hydrogen-bond acceptors (Lipinski definition) is 4. The summed E-state index contributed by atoms with van der Waals surface area (Å²) in [5, 5.41) is 4.12. The molecule has 0 aliphatic carbocycles. The molecule has 0 aromatic carbocycles. The van der Waals surface area contributed by atoms with Gasteiger partial charge in [-0.3, -0.25) is 4.68 Å². The Morgan fingerprint density at radius 1 is 1.29 bits per heavy atom.